The minimum Gasteiger partial charge on any atom is -0.421 e. The number of amides is 2. The summed E-state index contributed by atoms with van der Waals surface area (Å²) in [7, 11) is 0. The summed E-state index contributed by atoms with van der Waals surface area (Å²) in [5.74, 6) is -1.24. The van der Waals surface area contributed by atoms with E-state index in [-0.39, 0.29) is 16.3 Å². The second kappa shape index (κ2) is 7.11. The van der Waals surface area contributed by atoms with Crippen molar-refractivity contribution in [3.63, 3.8) is 0 Å². The van der Waals surface area contributed by atoms with E-state index < -0.39 is 17.8 Å². The molecule has 0 aromatic heterocycles. The van der Waals surface area contributed by atoms with Crippen LogP contribution in [0.25, 0.3) is 0 Å². The fraction of sp³-hybridized carbons (Fsp3) is 0. The minimum absolute atomic E-state index is 0.181. The molecular weight excluding hydrogens is 401 g/mol. The van der Waals surface area contributed by atoms with Crippen molar-refractivity contribution in [2.24, 2.45) is 0 Å². The number of rotatable bonds is 3. The molecule has 0 bridgehead atoms. The standard InChI is InChI=1S/C21H11Cl2NO4/c22-13-7-10-18(17(23)11-13)28-21(27)12-5-8-14(9-6-12)24-19(25)15-3-1-2-4-16(15)20(24)26/h1-11H. The van der Waals surface area contributed by atoms with Gasteiger partial charge in [0, 0.05) is 5.02 Å². The fourth-order valence-corrected chi connectivity index (χ4v) is 3.33. The van der Waals surface area contributed by atoms with Crippen molar-refractivity contribution in [1.82, 2.24) is 0 Å². The van der Waals surface area contributed by atoms with Crippen LogP contribution in [-0.4, -0.2) is 17.8 Å². The molecule has 0 atom stereocenters. The van der Waals surface area contributed by atoms with Crippen molar-refractivity contribution < 1.29 is 19.1 Å². The number of imide groups is 1. The highest BCUT2D eigenvalue weighted by atomic mass is 35.5. The monoisotopic (exact) mass is 411 g/mol. The number of anilines is 1. The minimum atomic E-state index is -0.627. The van der Waals surface area contributed by atoms with Gasteiger partial charge >= 0.3 is 5.97 Å². The third kappa shape index (κ3) is 3.15. The maximum absolute atomic E-state index is 12.5. The Hall–Kier alpha value is -3.15. The van der Waals surface area contributed by atoms with Crippen LogP contribution in [-0.2, 0) is 0 Å². The lowest BCUT2D eigenvalue weighted by molar-refractivity contribution is 0.0734. The maximum Gasteiger partial charge on any atom is 0.343 e. The second-order valence-corrected chi connectivity index (χ2v) is 6.85. The molecule has 3 aromatic carbocycles. The molecule has 3 aromatic rings. The van der Waals surface area contributed by atoms with Crippen LogP contribution >= 0.6 is 23.2 Å². The van der Waals surface area contributed by atoms with E-state index in [4.69, 9.17) is 27.9 Å². The summed E-state index contributed by atoms with van der Waals surface area (Å²) < 4.78 is 5.27. The Balaban J connectivity index is 1.55. The van der Waals surface area contributed by atoms with Crippen LogP contribution in [0, 0.1) is 0 Å². The average molecular weight is 412 g/mol. The number of halogens is 2. The first-order chi connectivity index (χ1) is 13.5. The van der Waals surface area contributed by atoms with E-state index in [0.29, 0.717) is 21.8 Å². The molecule has 1 heterocycles. The Morgan fingerprint density at radius 2 is 1.43 bits per heavy atom. The lowest BCUT2D eigenvalue weighted by atomic mass is 10.1. The third-order valence-electron chi connectivity index (χ3n) is 4.25. The summed E-state index contributed by atoms with van der Waals surface area (Å²) in [4.78, 5) is 38.5. The zero-order chi connectivity index (χ0) is 19.8. The van der Waals surface area contributed by atoms with Gasteiger partial charge in [0.05, 0.1) is 27.4 Å². The molecule has 0 saturated heterocycles. The van der Waals surface area contributed by atoms with Gasteiger partial charge in [-0.25, -0.2) is 9.69 Å². The van der Waals surface area contributed by atoms with Crippen molar-refractivity contribution in [2.75, 3.05) is 4.90 Å². The van der Waals surface area contributed by atoms with Crippen LogP contribution in [0.2, 0.25) is 10.0 Å². The normalized spacial score (nSPS) is 12.9. The molecule has 5 nitrogen and oxygen atoms in total. The zero-order valence-corrected chi connectivity index (χ0v) is 15.7. The van der Waals surface area contributed by atoms with Crippen molar-refractivity contribution in [3.8, 4) is 5.75 Å². The van der Waals surface area contributed by atoms with Crippen LogP contribution in [0.3, 0.4) is 0 Å². The first-order valence-electron chi connectivity index (χ1n) is 8.21. The average Bonchev–Trinajstić information content (AvgIpc) is 2.95. The van der Waals surface area contributed by atoms with E-state index >= 15 is 0 Å². The van der Waals surface area contributed by atoms with Crippen LogP contribution < -0.4 is 9.64 Å². The molecule has 0 saturated carbocycles. The largest absolute Gasteiger partial charge is 0.421 e. The molecule has 0 radical (unpaired) electrons. The highest BCUT2D eigenvalue weighted by Crippen LogP contribution is 2.30. The van der Waals surface area contributed by atoms with Crippen molar-refractivity contribution >= 4 is 46.7 Å². The highest BCUT2D eigenvalue weighted by molar-refractivity contribution is 6.36. The Morgan fingerprint density at radius 1 is 0.821 bits per heavy atom. The third-order valence-corrected chi connectivity index (χ3v) is 4.78. The first-order valence-corrected chi connectivity index (χ1v) is 8.96. The van der Waals surface area contributed by atoms with Crippen LogP contribution in [0.5, 0.6) is 5.75 Å². The number of carbonyl (C=O) groups is 3. The first kappa shape index (κ1) is 18.2. The summed E-state index contributed by atoms with van der Waals surface area (Å²) in [6.45, 7) is 0. The molecule has 0 N–H and O–H groups in total. The number of esters is 1. The summed E-state index contributed by atoms with van der Waals surface area (Å²) in [5, 5.41) is 0.638. The highest BCUT2D eigenvalue weighted by Gasteiger charge is 2.36. The van der Waals surface area contributed by atoms with Crippen LogP contribution in [0.15, 0.2) is 66.7 Å². The van der Waals surface area contributed by atoms with Crippen molar-refractivity contribution in [3.05, 3.63) is 93.5 Å². The van der Waals surface area contributed by atoms with E-state index in [0.717, 1.165) is 4.90 Å². The molecular formula is C21H11Cl2NO4. The summed E-state index contributed by atoms with van der Waals surface area (Å²) in [6.07, 6.45) is 0. The van der Waals surface area contributed by atoms with Crippen LogP contribution in [0.1, 0.15) is 31.1 Å². The fourth-order valence-electron chi connectivity index (χ4n) is 2.89. The quantitative estimate of drug-likeness (QED) is 0.345. The molecule has 4 rings (SSSR count). The Kier molecular flexibility index (Phi) is 4.63. The molecule has 28 heavy (non-hydrogen) atoms. The molecule has 1 aliphatic rings. The molecule has 0 fully saturated rings. The van der Waals surface area contributed by atoms with Crippen LogP contribution in [0.4, 0.5) is 5.69 Å². The van der Waals surface area contributed by atoms with Gasteiger partial charge in [-0.2, -0.15) is 0 Å². The topological polar surface area (TPSA) is 63.7 Å². The van der Waals surface area contributed by atoms with Gasteiger partial charge in [-0.05, 0) is 54.6 Å². The molecule has 2 amide bonds. The SMILES string of the molecule is O=C(Oc1ccc(Cl)cc1Cl)c1ccc(N2C(=O)c3ccccc3C2=O)cc1. The van der Waals surface area contributed by atoms with Gasteiger partial charge in [-0.15, -0.1) is 0 Å². The predicted molar refractivity (Wildman–Crippen MR) is 105 cm³/mol. The van der Waals surface area contributed by atoms with Crippen molar-refractivity contribution in [2.45, 2.75) is 0 Å². The zero-order valence-electron chi connectivity index (χ0n) is 14.2. The molecule has 138 valence electrons. The van der Waals surface area contributed by atoms with E-state index in [9.17, 15) is 14.4 Å². The molecule has 0 unspecified atom stereocenters. The second-order valence-electron chi connectivity index (χ2n) is 6.00. The number of benzene rings is 3. The number of nitrogens with zero attached hydrogens (tertiary/aromatic N) is 1. The van der Waals surface area contributed by atoms with Gasteiger partial charge in [0.1, 0.15) is 5.75 Å². The molecule has 7 heteroatoms. The number of hydrogen-bond donors (Lipinski definition) is 0. The number of ether oxygens (including phenoxy) is 1. The van der Waals surface area contributed by atoms with Gasteiger partial charge in [0.2, 0.25) is 0 Å². The predicted octanol–water partition coefficient (Wildman–Crippen LogP) is 5.01. The van der Waals surface area contributed by atoms with E-state index in [1.807, 2.05) is 0 Å². The molecule has 1 aliphatic heterocycles. The van der Waals surface area contributed by atoms with Gasteiger partial charge in [0.25, 0.3) is 11.8 Å². The van der Waals surface area contributed by atoms with Gasteiger partial charge in [0.15, 0.2) is 0 Å². The number of fused-ring (bicyclic) bond motifs is 1. The number of carbonyl (C=O) groups excluding carboxylic acids is 3. The Labute approximate surface area is 170 Å². The van der Waals surface area contributed by atoms with E-state index in [1.165, 1.54) is 36.4 Å². The van der Waals surface area contributed by atoms with E-state index in [1.54, 1.807) is 30.3 Å². The Bertz CT molecular complexity index is 1090. The summed E-state index contributed by atoms with van der Waals surface area (Å²) in [6, 6.07) is 17.1. The lowest BCUT2D eigenvalue weighted by Gasteiger charge is -2.14. The van der Waals surface area contributed by atoms with Crippen molar-refractivity contribution in [1.29, 1.82) is 0 Å². The van der Waals surface area contributed by atoms with Gasteiger partial charge in [-0.1, -0.05) is 35.3 Å². The van der Waals surface area contributed by atoms with E-state index in [2.05, 4.69) is 0 Å². The van der Waals surface area contributed by atoms with Gasteiger partial charge in [-0.3, -0.25) is 9.59 Å². The van der Waals surface area contributed by atoms with Gasteiger partial charge < -0.3 is 4.74 Å². The molecule has 0 spiro atoms. The smallest absolute Gasteiger partial charge is 0.343 e. The summed E-state index contributed by atoms with van der Waals surface area (Å²) >= 11 is 11.8. The summed E-state index contributed by atoms with van der Waals surface area (Å²) in [5.41, 5.74) is 1.32. The molecule has 0 aliphatic carbocycles. The number of hydrogen-bond acceptors (Lipinski definition) is 4. The lowest BCUT2D eigenvalue weighted by Crippen LogP contribution is -2.29. The Morgan fingerprint density at radius 3 is 2.00 bits per heavy atom. The maximum atomic E-state index is 12.5.